The number of aliphatic hydroxyl groups excluding tert-OH is 2. The summed E-state index contributed by atoms with van der Waals surface area (Å²) in [4.78, 5) is 4.10. The summed E-state index contributed by atoms with van der Waals surface area (Å²) in [5.74, 6) is 0.477. The minimum Gasteiger partial charge on any atom is -0.481 e. The predicted octanol–water partition coefficient (Wildman–Crippen LogP) is -0.248. The number of aryl methyl sites for hydroxylation is 1. The smallest absolute Gasteiger partial charge is 0.213 e. The van der Waals surface area contributed by atoms with Crippen molar-refractivity contribution in [2.75, 3.05) is 13.7 Å². The average Bonchev–Trinajstić information content (AvgIpc) is 2.26. The Morgan fingerprint density at radius 2 is 2.13 bits per heavy atom. The van der Waals surface area contributed by atoms with Crippen molar-refractivity contribution in [1.82, 2.24) is 4.98 Å². The van der Waals surface area contributed by atoms with Crippen molar-refractivity contribution >= 4 is 0 Å². The highest BCUT2D eigenvalue weighted by molar-refractivity contribution is 5.27. The largest absolute Gasteiger partial charge is 0.481 e. The second-order valence-corrected chi connectivity index (χ2v) is 3.28. The molecule has 0 fully saturated rings. The lowest BCUT2D eigenvalue weighted by Gasteiger charge is -2.18. The molecule has 15 heavy (non-hydrogen) atoms. The highest BCUT2D eigenvalue weighted by Gasteiger charge is 2.19. The quantitative estimate of drug-likeness (QED) is 0.640. The van der Waals surface area contributed by atoms with Gasteiger partial charge in [-0.25, -0.2) is 4.98 Å². The molecule has 2 atom stereocenters. The number of rotatable bonds is 4. The average molecular weight is 212 g/mol. The van der Waals surface area contributed by atoms with Gasteiger partial charge in [-0.2, -0.15) is 0 Å². The van der Waals surface area contributed by atoms with Crippen LogP contribution in [0.4, 0.5) is 0 Å². The predicted molar refractivity (Wildman–Crippen MR) is 55.5 cm³/mol. The van der Waals surface area contributed by atoms with Gasteiger partial charge in [0, 0.05) is 23.9 Å². The van der Waals surface area contributed by atoms with E-state index in [0.717, 1.165) is 0 Å². The van der Waals surface area contributed by atoms with Crippen LogP contribution in [0.15, 0.2) is 12.1 Å². The lowest BCUT2D eigenvalue weighted by Crippen LogP contribution is -2.27. The second kappa shape index (κ2) is 5.06. The Morgan fingerprint density at radius 3 is 2.60 bits per heavy atom. The van der Waals surface area contributed by atoms with Gasteiger partial charge in [0.05, 0.1) is 13.2 Å². The third-order valence-corrected chi connectivity index (χ3v) is 2.23. The molecule has 0 aromatic carbocycles. The molecule has 0 aliphatic heterocycles. The summed E-state index contributed by atoms with van der Waals surface area (Å²) in [7, 11) is 1.52. The van der Waals surface area contributed by atoms with Gasteiger partial charge >= 0.3 is 0 Å². The summed E-state index contributed by atoms with van der Waals surface area (Å²) < 4.78 is 4.94. The molecule has 0 aliphatic carbocycles. The molecule has 4 N–H and O–H groups in total. The van der Waals surface area contributed by atoms with E-state index in [1.54, 1.807) is 19.1 Å². The van der Waals surface area contributed by atoms with E-state index in [2.05, 4.69) is 4.98 Å². The molecule has 2 unspecified atom stereocenters. The zero-order valence-electron chi connectivity index (χ0n) is 8.84. The first-order valence-electron chi connectivity index (χ1n) is 4.68. The number of pyridine rings is 1. The summed E-state index contributed by atoms with van der Waals surface area (Å²) in [5.41, 5.74) is 6.44. The number of aromatic nitrogens is 1. The molecule has 1 heterocycles. The van der Waals surface area contributed by atoms with Crippen LogP contribution in [0.5, 0.6) is 5.88 Å². The van der Waals surface area contributed by atoms with Gasteiger partial charge in [-0.15, -0.1) is 0 Å². The summed E-state index contributed by atoms with van der Waals surface area (Å²) in [5, 5.41) is 19.1. The maximum Gasteiger partial charge on any atom is 0.213 e. The summed E-state index contributed by atoms with van der Waals surface area (Å²) in [6, 6.07) is 3.31. The van der Waals surface area contributed by atoms with Crippen LogP contribution in [-0.4, -0.2) is 35.0 Å². The first-order valence-corrected chi connectivity index (χ1v) is 4.68. The number of ether oxygens (including phenoxy) is 1. The number of aliphatic hydroxyl groups is 2. The van der Waals surface area contributed by atoms with Gasteiger partial charge in [0.1, 0.15) is 6.10 Å². The molecule has 1 aromatic rings. The van der Waals surface area contributed by atoms with E-state index in [9.17, 15) is 10.2 Å². The number of methoxy groups -OCH3 is 1. The van der Waals surface area contributed by atoms with Crippen LogP contribution in [0.2, 0.25) is 0 Å². The van der Waals surface area contributed by atoms with E-state index in [-0.39, 0.29) is 6.54 Å². The first kappa shape index (κ1) is 11.9. The molecule has 0 aliphatic rings. The highest BCUT2D eigenvalue weighted by Crippen LogP contribution is 2.21. The molecule has 0 radical (unpaired) electrons. The Morgan fingerprint density at radius 1 is 1.47 bits per heavy atom. The van der Waals surface area contributed by atoms with Crippen molar-refractivity contribution in [2.24, 2.45) is 5.73 Å². The summed E-state index contributed by atoms with van der Waals surface area (Å²) in [6.45, 7) is 1.75. The molecule has 5 nitrogen and oxygen atoms in total. The van der Waals surface area contributed by atoms with Crippen LogP contribution in [0.1, 0.15) is 17.4 Å². The van der Waals surface area contributed by atoms with Crippen molar-refractivity contribution in [2.45, 2.75) is 19.1 Å². The summed E-state index contributed by atoms with van der Waals surface area (Å²) >= 11 is 0. The highest BCUT2D eigenvalue weighted by atomic mass is 16.5. The van der Waals surface area contributed by atoms with E-state index < -0.39 is 12.2 Å². The van der Waals surface area contributed by atoms with Gasteiger partial charge in [0.2, 0.25) is 5.88 Å². The molecule has 1 aromatic heterocycles. The lowest BCUT2D eigenvalue weighted by atomic mass is 10.0. The summed E-state index contributed by atoms with van der Waals surface area (Å²) in [6.07, 6.45) is -1.98. The Balaban J connectivity index is 2.95. The van der Waals surface area contributed by atoms with Crippen molar-refractivity contribution in [3.63, 3.8) is 0 Å². The standard InChI is InChI=1S/C10H16N2O3/c1-6-7(10(14)8(13)5-11)3-4-9(12-6)15-2/h3-4,8,10,13-14H,5,11H2,1-2H3. The van der Waals surface area contributed by atoms with E-state index in [4.69, 9.17) is 10.5 Å². The van der Waals surface area contributed by atoms with Gasteiger partial charge in [-0.3, -0.25) is 0 Å². The maximum atomic E-state index is 9.72. The molecule has 0 amide bonds. The Bertz CT molecular complexity index is 330. The number of nitrogens with two attached hydrogens (primary N) is 1. The van der Waals surface area contributed by atoms with Crippen LogP contribution >= 0.6 is 0 Å². The van der Waals surface area contributed by atoms with Gasteiger partial charge in [-0.05, 0) is 13.0 Å². The Kier molecular flexibility index (Phi) is 4.02. The minimum atomic E-state index is -1.01. The second-order valence-electron chi connectivity index (χ2n) is 3.28. The number of hydrogen-bond acceptors (Lipinski definition) is 5. The van der Waals surface area contributed by atoms with Crippen LogP contribution in [0.25, 0.3) is 0 Å². The van der Waals surface area contributed by atoms with Gasteiger partial charge in [0.15, 0.2) is 0 Å². The van der Waals surface area contributed by atoms with Gasteiger partial charge in [-0.1, -0.05) is 0 Å². The van der Waals surface area contributed by atoms with Gasteiger partial charge < -0.3 is 20.7 Å². The van der Waals surface area contributed by atoms with E-state index in [0.29, 0.717) is 17.1 Å². The van der Waals surface area contributed by atoms with E-state index >= 15 is 0 Å². The monoisotopic (exact) mass is 212 g/mol. The SMILES string of the molecule is COc1ccc(C(O)C(O)CN)c(C)n1. The molecule has 5 heteroatoms. The van der Waals surface area contributed by atoms with E-state index in [1.165, 1.54) is 7.11 Å². The normalized spacial score (nSPS) is 14.7. The lowest BCUT2D eigenvalue weighted by molar-refractivity contribution is 0.0237. The topological polar surface area (TPSA) is 88.6 Å². The van der Waals surface area contributed by atoms with Crippen molar-refractivity contribution < 1.29 is 14.9 Å². The van der Waals surface area contributed by atoms with Crippen molar-refractivity contribution in [3.05, 3.63) is 23.4 Å². The Hall–Kier alpha value is -1.17. The number of hydrogen-bond donors (Lipinski definition) is 3. The molecule has 0 saturated carbocycles. The zero-order chi connectivity index (χ0) is 11.4. The van der Waals surface area contributed by atoms with Crippen LogP contribution in [0.3, 0.4) is 0 Å². The molecular formula is C10H16N2O3. The van der Waals surface area contributed by atoms with Crippen molar-refractivity contribution in [3.8, 4) is 5.88 Å². The molecular weight excluding hydrogens is 196 g/mol. The molecule has 1 rings (SSSR count). The fraction of sp³-hybridized carbons (Fsp3) is 0.500. The molecule has 0 saturated heterocycles. The minimum absolute atomic E-state index is 0.00658. The maximum absolute atomic E-state index is 9.72. The van der Waals surface area contributed by atoms with Gasteiger partial charge in [0.25, 0.3) is 0 Å². The molecule has 0 spiro atoms. The molecule has 0 bridgehead atoms. The van der Waals surface area contributed by atoms with Crippen LogP contribution in [-0.2, 0) is 0 Å². The van der Waals surface area contributed by atoms with Crippen LogP contribution < -0.4 is 10.5 Å². The fourth-order valence-corrected chi connectivity index (χ4v) is 1.31. The van der Waals surface area contributed by atoms with Crippen molar-refractivity contribution in [1.29, 1.82) is 0 Å². The van der Waals surface area contributed by atoms with E-state index in [1.807, 2.05) is 0 Å². The third-order valence-electron chi connectivity index (χ3n) is 2.23. The van der Waals surface area contributed by atoms with Crippen LogP contribution in [0, 0.1) is 6.92 Å². The first-order chi connectivity index (χ1) is 7.10. The number of nitrogens with zero attached hydrogens (tertiary/aromatic N) is 1. The Labute approximate surface area is 88.5 Å². The third kappa shape index (κ3) is 2.65. The zero-order valence-corrected chi connectivity index (χ0v) is 8.84. The molecule has 84 valence electrons. The fourth-order valence-electron chi connectivity index (χ4n) is 1.31.